The van der Waals surface area contributed by atoms with Gasteiger partial charge in [0.15, 0.2) is 0 Å². The van der Waals surface area contributed by atoms with Crippen LogP contribution in [0, 0.1) is 11.8 Å². The van der Waals surface area contributed by atoms with Crippen LogP contribution in [0.5, 0.6) is 0 Å². The first-order chi connectivity index (χ1) is 14.9. The molecule has 1 fully saturated rings. The number of aliphatic hydroxyl groups is 1. The van der Waals surface area contributed by atoms with Gasteiger partial charge >= 0.3 is 0 Å². The van der Waals surface area contributed by atoms with Crippen LogP contribution < -0.4 is 21.8 Å². The molecule has 9 heteroatoms. The number of nitrogens with two attached hydrogens (primary N) is 1. The fourth-order valence-corrected chi connectivity index (χ4v) is 2.89. The third-order valence-electron chi connectivity index (χ3n) is 4.82. The van der Waals surface area contributed by atoms with Gasteiger partial charge < -0.3 is 21.5 Å². The monoisotopic (exact) mass is 422 g/mol. The minimum Gasteiger partial charge on any atom is -0.387 e. The molecule has 0 saturated heterocycles. The molecule has 9 nitrogen and oxygen atoms in total. The molecule has 160 valence electrons. The molecule has 1 aliphatic rings. The molecule has 1 saturated carbocycles. The molecule has 7 N–H and O–H groups in total. The number of amides is 3. The highest BCUT2D eigenvalue weighted by molar-refractivity contribution is 5.98. The Morgan fingerprint density at radius 1 is 1.06 bits per heavy atom. The summed E-state index contributed by atoms with van der Waals surface area (Å²) in [5, 5.41) is 24.1. The SMILES string of the molecule is NCC(=O)Nc1ccccc1C#Cc1ccc(C(=O)N[C@H](C(=O)NO)C2(O)CC2)cc1. The summed E-state index contributed by atoms with van der Waals surface area (Å²) in [6, 6.07) is 12.1. The molecule has 1 atom stereocenters. The second-order valence-electron chi connectivity index (χ2n) is 7.11. The van der Waals surface area contributed by atoms with E-state index in [1.807, 2.05) is 0 Å². The van der Waals surface area contributed by atoms with E-state index in [9.17, 15) is 19.5 Å². The van der Waals surface area contributed by atoms with Gasteiger partial charge in [0.1, 0.15) is 6.04 Å². The summed E-state index contributed by atoms with van der Waals surface area (Å²) >= 11 is 0. The summed E-state index contributed by atoms with van der Waals surface area (Å²) < 4.78 is 0. The van der Waals surface area contributed by atoms with Crippen LogP contribution in [0.1, 0.15) is 34.3 Å². The van der Waals surface area contributed by atoms with Crippen molar-refractivity contribution >= 4 is 23.4 Å². The van der Waals surface area contributed by atoms with E-state index in [0.29, 0.717) is 29.7 Å². The Morgan fingerprint density at radius 2 is 1.74 bits per heavy atom. The molecule has 3 rings (SSSR count). The van der Waals surface area contributed by atoms with Crippen molar-refractivity contribution in [3.05, 3.63) is 65.2 Å². The van der Waals surface area contributed by atoms with Gasteiger partial charge in [0, 0.05) is 16.7 Å². The predicted molar refractivity (Wildman–Crippen MR) is 112 cm³/mol. The van der Waals surface area contributed by atoms with Crippen LogP contribution in [-0.2, 0) is 9.59 Å². The molecule has 1 aliphatic carbocycles. The number of rotatable bonds is 6. The lowest BCUT2D eigenvalue weighted by Gasteiger charge is -2.21. The molecule has 0 radical (unpaired) electrons. The van der Waals surface area contributed by atoms with Gasteiger partial charge in [-0.3, -0.25) is 19.6 Å². The van der Waals surface area contributed by atoms with Gasteiger partial charge in [-0.05, 0) is 49.2 Å². The third-order valence-corrected chi connectivity index (χ3v) is 4.82. The molecule has 31 heavy (non-hydrogen) atoms. The Hall–Kier alpha value is -3.71. The van der Waals surface area contributed by atoms with Crippen molar-refractivity contribution in [1.29, 1.82) is 0 Å². The van der Waals surface area contributed by atoms with Crippen molar-refractivity contribution in [2.45, 2.75) is 24.5 Å². The zero-order chi connectivity index (χ0) is 22.4. The topological polar surface area (TPSA) is 154 Å². The molecule has 2 aromatic rings. The van der Waals surface area contributed by atoms with E-state index in [1.165, 1.54) is 17.6 Å². The van der Waals surface area contributed by atoms with Crippen LogP contribution in [0.3, 0.4) is 0 Å². The first kappa shape index (κ1) is 22.0. The number of carbonyl (C=O) groups is 3. The average Bonchev–Trinajstić information content (AvgIpc) is 3.54. The standard InChI is InChI=1S/C22H22N4O5/c23-13-18(27)24-17-4-2-1-3-15(17)8-5-14-6-9-16(10-7-14)20(28)25-19(21(29)26-31)22(30)11-12-22/h1-4,6-7,9-10,19,30-31H,11-13,23H2,(H,24,27)(H,25,28)(H,26,29)/t19-/m1/s1. The van der Waals surface area contributed by atoms with E-state index in [4.69, 9.17) is 10.9 Å². The zero-order valence-corrected chi connectivity index (χ0v) is 16.5. The predicted octanol–water partition coefficient (Wildman–Crippen LogP) is 0.112. The summed E-state index contributed by atoms with van der Waals surface area (Å²) in [5.41, 5.74) is 7.50. The maximum absolute atomic E-state index is 12.4. The number of para-hydroxylation sites is 1. The molecular weight excluding hydrogens is 400 g/mol. The van der Waals surface area contributed by atoms with Gasteiger partial charge in [0.2, 0.25) is 5.91 Å². The summed E-state index contributed by atoms with van der Waals surface area (Å²) in [4.78, 5) is 35.7. The normalized spacial score (nSPS) is 14.4. The van der Waals surface area contributed by atoms with Crippen LogP contribution in [0.2, 0.25) is 0 Å². The van der Waals surface area contributed by atoms with Gasteiger partial charge in [-0.1, -0.05) is 24.0 Å². The number of hydrogen-bond donors (Lipinski definition) is 6. The largest absolute Gasteiger partial charge is 0.387 e. The molecule has 2 aromatic carbocycles. The van der Waals surface area contributed by atoms with Crippen molar-refractivity contribution < 1.29 is 24.7 Å². The number of benzene rings is 2. The van der Waals surface area contributed by atoms with E-state index in [1.54, 1.807) is 36.4 Å². The Bertz CT molecular complexity index is 1050. The average molecular weight is 422 g/mol. The van der Waals surface area contributed by atoms with Gasteiger partial charge in [0.05, 0.1) is 17.8 Å². The van der Waals surface area contributed by atoms with E-state index >= 15 is 0 Å². The van der Waals surface area contributed by atoms with Crippen molar-refractivity contribution in [1.82, 2.24) is 10.8 Å². The van der Waals surface area contributed by atoms with Crippen LogP contribution >= 0.6 is 0 Å². The second kappa shape index (κ2) is 9.40. The van der Waals surface area contributed by atoms with E-state index in [-0.39, 0.29) is 18.0 Å². The number of nitrogens with one attached hydrogen (secondary N) is 3. The van der Waals surface area contributed by atoms with Crippen LogP contribution in [0.15, 0.2) is 48.5 Å². The fraction of sp³-hybridized carbons (Fsp3) is 0.227. The lowest BCUT2D eigenvalue weighted by molar-refractivity contribution is -0.134. The first-order valence-electron chi connectivity index (χ1n) is 9.54. The van der Waals surface area contributed by atoms with E-state index < -0.39 is 23.5 Å². The highest BCUT2D eigenvalue weighted by Gasteiger charge is 2.52. The molecule has 0 aromatic heterocycles. The molecule has 3 amide bonds. The maximum atomic E-state index is 12.4. The molecule has 0 heterocycles. The fourth-order valence-electron chi connectivity index (χ4n) is 2.89. The van der Waals surface area contributed by atoms with Crippen molar-refractivity contribution in [2.24, 2.45) is 5.73 Å². The Morgan fingerprint density at radius 3 is 2.35 bits per heavy atom. The quantitative estimate of drug-likeness (QED) is 0.221. The van der Waals surface area contributed by atoms with Crippen LogP contribution in [0.25, 0.3) is 0 Å². The lowest BCUT2D eigenvalue weighted by Crippen LogP contribution is -2.54. The van der Waals surface area contributed by atoms with Crippen molar-refractivity contribution in [2.75, 3.05) is 11.9 Å². The molecule has 0 spiro atoms. The third kappa shape index (κ3) is 5.46. The highest BCUT2D eigenvalue weighted by Crippen LogP contribution is 2.38. The Balaban J connectivity index is 1.71. The van der Waals surface area contributed by atoms with E-state index in [2.05, 4.69) is 22.5 Å². The van der Waals surface area contributed by atoms with Gasteiger partial charge in [-0.15, -0.1) is 0 Å². The summed E-state index contributed by atoms with van der Waals surface area (Å²) in [5.74, 6) is 4.16. The minimum absolute atomic E-state index is 0.135. The van der Waals surface area contributed by atoms with Crippen LogP contribution in [0.4, 0.5) is 5.69 Å². The Kier molecular flexibility index (Phi) is 6.67. The molecule has 0 bridgehead atoms. The molecule has 0 unspecified atom stereocenters. The van der Waals surface area contributed by atoms with Gasteiger partial charge in [-0.25, -0.2) is 5.48 Å². The first-order valence-corrected chi connectivity index (χ1v) is 9.54. The summed E-state index contributed by atoms with van der Waals surface area (Å²) in [6.45, 7) is -0.135. The van der Waals surface area contributed by atoms with Gasteiger partial charge in [0.25, 0.3) is 11.8 Å². The smallest absolute Gasteiger partial charge is 0.268 e. The number of hydroxylamine groups is 1. The summed E-state index contributed by atoms with van der Waals surface area (Å²) in [7, 11) is 0. The number of hydrogen-bond acceptors (Lipinski definition) is 6. The number of carbonyl (C=O) groups excluding carboxylic acids is 3. The Labute approximate surface area is 178 Å². The molecular formula is C22H22N4O5. The second-order valence-corrected chi connectivity index (χ2v) is 7.11. The van der Waals surface area contributed by atoms with Crippen molar-refractivity contribution in [3.8, 4) is 11.8 Å². The summed E-state index contributed by atoms with van der Waals surface area (Å²) in [6.07, 6.45) is 0.709. The number of anilines is 1. The van der Waals surface area contributed by atoms with Crippen molar-refractivity contribution in [3.63, 3.8) is 0 Å². The maximum Gasteiger partial charge on any atom is 0.268 e. The minimum atomic E-state index is -1.35. The molecule has 0 aliphatic heterocycles. The van der Waals surface area contributed by atoms with Crippen LogP contribution in [-0.4, -0.2) is 46.2 Å². The van der Waals surface area contributed by atoms with Gasteiger partial charge in [-0.2, -0.15) is 0 Å². The van der Waals surface area contributed by atoms with E-state index in [0.717, 1.165) is 0 Å². The highest BCUT2D eigenvalue weighted by atomic mass is 16.5. The lowest BCUT2D eigenvalue weighted by atomic mass is 10.1. The zero-order valence-electron chi connectivity index (χ0n) is 16.5.